The maximum absolute atomic E-state index is 12.5. The molecule has 0 bridgehead atoms. The van der Waals surface area contributed by atoms with Gasteiger partial charge in [-0.1, -0.05) is 25.3 Å². The van der Waals surface area contributed by atoms with Crippen LogP contribution in [0.4, 0.5) is 5.69 Å². The fraction of sp³-hybridized carbons (Fsp3) is 0.438. The summed E-state index contributed by atoms with van der Waals surface area (Å²) in [4.78, 5) is 12.5. The molecule has 3 nitrogen and oxygen atoms in total. The highest BCUT2D eigenvalue weighted by molar-refractivity contribution is 5.98. The summed E-state index contributed by atoms with van der Waals surface area (Å²) in [6, 6.07) is 7.41. The zero-order valence-electron chi connectivity index (χ0n) is 11.3. The van der Waals surface area contributed by atoms with Crippen LogP contribution in [0.15, 0.2) is 24.3 Å². The van der Waals surface area contributed by atoms with Gasteiger partial charge in [0.05, 0.1) is 5.54 Å². The molecule has 1 fully saturated rings. The molecule has 1 aliphatic rings. The summed E-state index contributed by atoms with van der Waals surface area (Å²) in [6.45, 7) is 3.02. The number of carbonyl (C=O) groups is 1. The molecule has 1 heterocycles. The molecule has 2 N–H and O–H groups in total. The summed E-state index contributed by atoms with van der Waals surface area (Å²) in [5.41, 5.74) is 1.15. The maximum Gasteiger partial charge on any atom is 0.244 e. The molecule has 1 aromatic rings. The fourth-order valence-electron chi connectivity index (χ4n) is 2.69. The SMILES string of the molecule is C#Cc1cccc(NC(=O)C2(CCC)CCCN2)c1. The molecule has 0 aromatic heterocycles. The number of hydrogen-bond donors (Lipinski definition) is 2. The summed E-state index contributed by atoms with van der Waals surface area (Å²) >= 11 is 0. The predicted molar refractivity (Wildman–Crippen MR) is 77.9 cm³/mol. The average Bonchev–Trinajstić information content (AvgIpc) is 2.89. The van der Waals surface area contributed by atoms with Crippen LogP contribution >= 0.6 is 0 Å². The van der Waals surface area contributed by atoms with Crippen molar-refractivity contribution in [3.8, 4) is 12.3 Å². The smallest absolute Gasteiger partial charge is 0.244 e. The van der Waals surface area contributed by atoms with Crippen LogP contribution in [0.5, 0.6) is 0 Å². The van der Waals surface area contributed by atoms with E-state index in [2.05, 4.69) is 23.5 Å². The van der Waals surface area contributed by atoms with Crippen LogP contribution in [0, 0.1) is 12.3 Å². The minimum atomic E-state index is -0.402. The lowest BCUT2D eigenvalue weighted by Gasteiger charge is -2.27. The van der Waals surface area contributed by atoms with E-state index in [4.69, 9.17) is 6.42 Å². The number of rotatable bonds is 4. The second-order valence-corrected chi connectivity index (χ2v) is 5.04. The minimum absolute atomic E-state index is 0.0565. The average molecular weight is 256 g/mol. The van der Waals surface area contributed by atoms with Crippen molar-refractivity contribution in [3.05, 3.63) is 29.8 Å². The first-order chi connectivity index (χ1) is 9.20. The molecular formula is C16H20N2O. The molecule has 1 aromatic carbocycles. The Morgan fingerprint density at radius 2 is 2.42 bits per heavy atom. The summed E-state index contributed by atoms with van der Waals surface area (Å²) < 4.78 is 0. The zero-order chi connectivity index (χ0) is 13.7. The Hall–Kier alpha value is -1.79. The van der Waals surface area contributed by atoms with Gasteiger partial charge in [0.15, 0.2) is 0 Å². The van der Waals surface area contributed by atoms with Gasteiger partial charge >= 0.3 is 0 Å². The van der Waals surface area contributed by atoms with Gasteiger partial charge in [-0.25, -0.2) is 0 Å². The van der Waals surface area contributed by atoms with Gasteiger partial charge in [0.2, 0.25) is 5.91 Å². The van der Waals surface area contributed by atoms with E-state index in [9.17, 15) is 4.79 Å². The van der Waals surface area contributed by atoms with Gasteiger partial charge in [-0.3, -0.25) is 4.79 Å². The van der Waals surface area contributed by atoms with Gasteiger partial charge in [-0.2, -0.15) is 0 Å². The summed E-state index contributed by atoms with van der Waals surface area (Å²) in [5.74, 6) is 2.63. The van der Waals surface area contributed by atoms with Crippen molar-refractivity contribution in [1.82, 2.24) is 5.32 Å². The lowest BCUT2D eigenvalue weighted by molar-refractivity contribution is -0.122. The first-order valence-corrected chi connectivity index (χ1v) is 6.83. The second kappa shape index (κ2) is 5.90. The molecule has 0 spiro atoms. The lowest BCUT2D eigenvalue weighted by Crippen LogP contribution is -2.50. The first-order valence-electron chi connectivity index (χ1n) is 6.83. The Morgan fingerprint density at radius 1 is 1.58 bits per heavy atom. The molecule has 0 radical (unpaired) electrons. The number of carbonyl (C=O) groups excluding carboxylic acids is 1. The van der Waals surface area contributed by atoms with E-state index in [-0.39, 0.29) is 5.91 Å². The summed E-state index contributed by atoms with van der Waals surface area (Å²) in [7, 11) is 0. The fourth-order valence-corrected chi connectivity index (χ4v) is 2.69. The number of anilines is 1. The van der Waals surface area contributed by atoms with Crippen LogP contribution in [0.25, 0.3) is 0 Å². The van der Waals surface area contributed by atoms with Crippen LogP contribution in [-0.2, 0) is 4.79 Å². The van der Waals surface area contributed by atoms with E-state index in [1.54, 1.807) is 0 Å². The lowest BCUT2D eigenvalue weighted by atomic mass is 9.90. The third-order valence-electron chi connectivity index (χ3n) is 3.64. The normalized spacial score (nSPS) is 21.9. The van der Waals surface area contributed by atoms with Gasteiger partial charge < -0.3 is 10.6 Å². The highest BCUT2D eigenvalue weighted by Gasteiger charge is 2.39. The molecule has 0 aliphatic carbocycles. The third kappa shape index (κ3) is 2.97. The van der Waals surface area contributed by atoms with Crippen molar-refractivity contribution < 1.29 is 4.79 Å². The minimum Gasteiger partial charge on any atom is -0.324 e. The van der Waals surface area contributed by atoms with E-state index < -0.39 is 5.54 Å². The molecule has 1 saturated heterocycles. The van der Waals surface area contributed by atoms with E-state index in [1.165, 1.54) is 0 Å². The zero-order valence-corrected chi connectivity index (χ0v) is 11.3. The van der Waals surface area contributed by atoms with Crippen molar-refractivity contribution in [2.75, 3.05) is 11.9 Å². The number of nitrogens with one attached hydrogen (secondary N) is 2. The first kappa shape index (κ1) is 13.6. The molecule has 1 amide bonds. The second-order valence-electron chi connectivity index (χ2n) is 5.04. The largest absolute Gasteiger partial charge is 0.324 e. The van der Waals surface area contributed by atoms with E-state index in [0.29, 0.717) is 0 Å². The number of amides is 1. The Labute approximate surface area is 114 Å². The quantitative estimate of drug-likeness (QED) is 0.813. The molecule has 3 heteroatoms. The molecule has 1 aliphatic heterocycles. The van der Waals surface area contributed by atoms with Gasteiger partial charge in [-0.05, 0) is 44.0 Å². The molecule has 1 unspecified atom stereocenters. The third-order valence-corrected chi connectivity index (χ3v) is 3.64. The van der Waals surface area contributed by atoms with E-state index >= 15 is 0 Å². The van der Waals surface area contributed by atoms with Crippen LogP contribution in [-0.4, -0.2) is 18.0 Å². The number of hydrogen-bond acceptors (Lipinski definition) is 2. The predicted octanol–water partition coefficient (Wildman–Crippen LogP) is 2.53. The van der Waals surface area contributed by atoms with E-state index in [1.807, 2.05) is 24.3 Å². The Bertz CT molecular complexity index is 496. The van der Waals surface area contributed by atoms with Crippen molar-refractivity contribution in [2.45, 2.75) is 38.1 Å². The van der Waals surface area contributed by atoms with E-state index in [0.717, 1.165) is 43.5 Å². The topological polar surface area (TPSA) is 41.1 Å². The molecule has 19 heavy (non-hydrogen) atoms. The number of benzene rings is 1. The van der Waals surface area contributed by atoms with Crippen molar-refractivity contribution in [3.63, 3.8) is 0 Å². The maximum atomic E-state index is 12.5. The highest BCUT2D eigenvalue weighted by atomic mass is 16.2. The summed E-state index contributed by atoms with van der Waals surface area (Å²) in [6.07, 6.45) is 9.19. The Morgan fingerprint density at radius 3 is 3.05 bits per heavy atom. The van der Waals surface area contributed by atoms with Crippen LogP contribution in [0.1, 0.15) is 38.2 Å². The number of terminal acetylenes is 1. The van der Waals surface area contributed by atoms with Crippen molar-refractivity contribution in [2.24, 2.45) is 0 Å². The van der Waals surface area contributed by atoms with Gasteiger partial charge in [0.25, 0.3) is 0 Å². The Kier molecular flexibility index (Phi) is 4.24. The molecule has 1 atom stereocenters. The Balaban J connectivity index is 2.13. The highest BCUT2D eigenvalue weighted by Crippen LogP contribution is 2.26. The molecule has 2 rings (SSSR count). The molecular weight excluding hydrogens is 236 g/mol. The van der Waals surface area contributed by atoms with Crippen LogP contribution in [0.2, 0.25) is 0 Å². The van der Waals surface area contributed by atoms with Gasteiger partial charge in [0, 0.05) is 11.3 Å². The molecule has 100 valence electrons. The molecule has 0 saturated carbocycles. The van der Waals surface area contributed by atoms with Crippen molar-refractivity contribution in [1.29, 1.82) is 0 Å². The summed E-state index contributed by atoms with van der Waals surface area (Å²) in [5, 5.41) is 6.35. The van der Waals surface area contributed by atoms with Crippen LogP contribution < -0.4 is 10.6 Å². The standard InChI is InChI=1S/C16H20N2O/c1-3-9-16(10-6-11-17-16)15(19)18-14-8-5-7-13(4-2)12-14/h2,5,7-8,12,17H,3,6,9-11H2,1H3,(H,18,19). The van der Waals surface area contributed by atoms with Gasteiger partial charge in [0.1, 0.15) is 0 Å². The van der Waals surface area contributed by atoms with Crippen LogP contribution in [0.3, 0.4) is 0 Å². The monoisotopic (exact) mass is 256 g/mol. The van der Waals surface area contributed by atoms with Gasteiger partial charge in [-0.15, -0.1) is 6.42 Å². The van der Waals surface area contributed by atoms with Crippen molar-refractivity contribution >= 4 is 11.6 Å².